The first-order valence-electron chi connectivity index (χ1n) is 11.5. The molecule has 8 heteroatoms. The molecule has 0 saturated heterocycles. The molecule has 5 aliphatic rings. The zero-order valence-electron chi connectivity index (χ0n) is 18.6. The summed E-state index contributed by atoms with van der Waals surface area (Å²) >= 11 is 0. The molecule has 0 atom stereocenters. The zero-order chi connectivity index (χ0) is 23.7. The van der Waals surface area contributed by atoms with Crippen molar-refractivity contribution in [3.8, 4) is 0 Å². The third-order valence-electron chi connectivity index (χ3n) is 6.73. The Balaban J connectivity index is 1.13. The van der Waals surface area contributed by atoms with E-state index in [1.165, 1.54) is 35.5 Å². The molecule has 0 N–H and O–H groups in total. The molecule has 2 heterocycles. The molecule has 0 unspecified atom stereocenters. The van der Waals surface area contributed by atoms with Crippen molar-refractivity contribution >= 4 is 35.1 Å². The van der Waals surface area contributed by atoms with Gasteiger partial charge in [0.05, 0.1) is 11.4 Å². The summed E-state index contributed by atoms with van der Waals surface area (Å²) in [6.45, 7) is 0. The van der Waals surface area contributed by atoms with E-state index in [2.05, 4.69) is 34.5 Å². The average molecular weight is 457 g/mol. The SMILES string of the molecule is O=C1C=CC(=O)N1N=C1C=CC(C2CCC(C3=CCC(=NN4C(=O)C=CC4=O)C=C3)CC2)=CC1. The van der Waals surface area contributed by atoms with Gasteiger partial charge in [0, 0.05) is 37.1 Å². The van der Waals surface area contributed by atoms with Gasteiger partial charge in [-0.3, -0.25) is 19.2 Å². The van der Waals surface area contributed by atoms with Gasteiger partial charge < -0.3 is 0 Å². The van der Waals surface area contributed by atoms with Crippen LogP contribution in [0.25, 0.3) is 0 Å². The van der Waals surface area contributed by atoms with Crippen LogP contribution in [-0.2, 0) is 19.2 Å². The van der Waals surface area contributed by atoms with Crippen LogP contribution in [0.15, 0.2) is 82.1 Å². The van der Waals surface area contributed by atoms with Gasteiger partial charge in [-0.25, -0.2) is 0 Å². The number of carbonyl (C=O) groups excluding carboxylic acids is 4. The van der Waals surface area contributed by atoms with Crippen molar-refractivity contribution in [2.24, 2.45) is 22.0 Å². The maximum Gasteiger partial charge on any atom is 0.274 e. The van der Waals surface area contributed by atoms with Crippen LogP contribution in [0.5, 0.6) is 0 Å². The quantitative estimate of drug-likeness (QED) is 0.607. The summed E-state index contributed by atoms with van der Waals surface area (Å²) in [5, 5.41) is 10.2. The van der Waals surface area contributed by atoms with Crippen LogP contribution in [0.1, 0.15) is 38.5 Å². The first kappa shape index (κ1) is 21.9. The minimum absolute atomic E-state index is 0.404. The minimum atomic E-state index is -0.404. The predicted molar refractivity (Wildman–Crippen MR) is 126 cm³/mol. The van der Waals surface area contributed by atoms with E-state index in [0.29, 0.717) is 36.1 Å². The van der Waals surface area contributed by atoms with Gasteiger partial charge in [0.2, 0.25) is 0 Å². The van der Waals surface area contributed by atoms with Crippen molar-refractivity contribution in [3.63, 3.8) is 0 Å². The lowest BCUT2D eigenvalue weighted by molar-refractivity contribution is -0.138. The largest absolute Gasteiger partial charge is 0.274 e. The number of carbonyl (C=O) groups is 4. The summed E-state index contributed by atoms with van der Waals surface area (Å²) < 4.78 is 0. The molecule has 4 amide bonds. The highest BCUT2D eigenvalue weighted by molar-refractivity contribution is 6.14. The van der Waals surface area contributed by atoms with Crippen molar-refractivity contribution < 1.29 is 19.2 Å². The van der Waals surface area contributed by atoms with Crippen molar-refractivity contribution in [3.05, 3.63) is 71.9 Å². The van der Waals surface area contributed by atoms with Crippen LogP contribution in [0.2, 0.25) is 0 Å². The van der Waals surface area contributed by atoms with Gasteiger partial charge in [-0.2, -0.15) is 20.2 Å². The fourth-order valence-corrected chi connectivity index (χ4v) is 4.85. The topological polar surface area (TPSA) is 99.5 Å². The van der Waals surface area contributed by atoms with Gasteiger partial charge in [-0.05, 0) is 60.8 Å². The maximum atomic E-state index is 11.7. The van der Waals surface area contributed by atoms with Gasteiger partial charge in [0.15, 0.2) is 0 Å². The zero-order valence-corrected chi connectivity index (χ0v) is 18.6. The Morgan fingerprint density at radius 1 is 0.529 bits per heavy atom. The van der Waals surface area contributed by atoms with E-state index in [9.17, 15) is 19.2 Å². The molecule has 0 bridgehead atoms. The molecule has 0 aromatic heterocycles. The molecule has 3 aliphatic carbocycles. The van der Waals surface area contributed by atoms with Gasteiger partial charge in [-0.1, -0.05) is 24.3 Å². The fraction of sp³-hybridized carbons (Fsp3) is 0.308. The van der Waals surface area contributed by atoms with E-state index in [-0.39, 0.29) is 0 Å². The van der Waals surface area contributed by atoms with Crippen LogP contribution < -0.4 is 0 Å². The Labute approximate surface area is 197 Å². The Bertz CT molecular complexity index is 1070. The van der Waals surface area contributed by atoms with Crippen molar-refractivity contribution in [2.45, 2.75) is 38.5 Å². The number of hydrogen-bond acceptors (Lipinski definition) is 6. The van der Waals surface area contributed by atoms with E-state index in [1.807, 2.05) is 12.2 Å². The van der Waals surface area contributed by atoms with Crippen LogP contribution in [0.4, 0.5) is 0 Å². The van der Waals surface area contributed by atoms with E-state index < -0.39 is 23.6 Å². The van der Waals surface area contributed by atoms with Crippen LogP contribution in [-0.4, -0.2) is 45.1 Å². The van der Waals surface area contributed by atoms with E-state index in [1.54, 1.807) is 0 Å². The molecule has 8 nitrogen and oxygen atoms in total. The standard InChI is InChI=1S/C26H24N4O4/c31-23-13-14-24(32)29(23)27-21-9-5-19(6-10-21)17-1-2-18(4-3-17)20-7-11-22(12-8-20)28-30-25(33)15-16-26(30)34/h5-9,11,13-18H,1-4,10,12H2. The van der Waals surface area contributed by atoms with Crippen molar-refractivity contribution in [2.75, 3.05) is 0 Å². The summed E-state index contributed by atoms with van der Waals surface area (Å²) in [6, 6.07) is 0. The number of hydrogen-bond donors (Lipinski definition) is 0. The summed E-state index contributed by atoms with van der Waals surface area (Å²) in [7, 11) is 0. The number of hydrazone groups is 2. The van der Waals surface area contributed by atoms with Crippen LogP contribution >= 0.6 is 0 Å². The Hall–Kier alpha value is -3.94. The second-order valence-corrected chi connectivity index (χ2v) is 8.86. The average Bonchev–Trinajstić information content (AvgIpc) is 3.35. The molecule has 0 radical (unpaired) electrons. The molecule has 0 aromatic rings. The van der Waals surface area contributed by atoms with Gasteiger partial charge in [0.1, 0.15) is 0 Å². The molecule has 2 aliphatic heterocycles. The van der Waals surface area contributed by atoms with Crippen molar-refractivity contribution in [1.29, 1.82) is 0 Å². The predicted octanol–water partition coefficient (Wildman–Crippen LogP) is 3.13. The normalized spacial score (nSPS) is 29.2. The van der Waals surface area contributed by atoms with Gasteiger partial charge in [-0.15, -0.1) is 0 Å². The third-order valence-corrected chi connectivity index (χ3v) is 6.73. The Morgan fingerprint density at radius 3 is 1.18 bits per heavy atom. The first-order valence-corrected chi connectivity index (χ1v) is 11.5. The van der Waals surface area contributed by atoms with Crippen LogP contribution in [0, 0.1) is 11.8 Å². The molecule has 1 saturated carbocycles. The smallest absolute Gasteiger partial charge is 0.267 e. The second-order valence-electron chi connectivity index (χ2n) is 8.86. The minimum Gasteiger partial charge on any atom is -0.267 e. The molecule has 172 valence electrons. The highest BCUT2D eigenvalue weighted by Gasteiger charge is 2.28. The highest BCUT2D eigenvalue weighted by atomic mass is 16.2. The molecule has 5 rings (SSSR count). The third kappa shape index (κ3) is 4.44. The molecular weight excluding hydrogens is 432 g/mol. The van der Waals surface area contributed by atoms with E-state index in [4.69, 9.17) is 0 Å². The highest BCUT2D eigenvalue weighted by Crippen LogP contribution is 2.39. The lowest BCUT2D eigenvalue weighted by atomic mass is 9.74. The number of amides is 4. The van der Waals surface area contributed by atoms with Gasteiger partial charge in [0.25, 0.3) is 23.6 Å². The van der Waals surface area contributed by atoms with Gasteiger partial charge >= 0.3 is 0 Å². The van der Waals surface area contributed by atoms with E-state index in [0.717, 1.165) is 35.7 Å². The van der Waals surface area contributed by atoms with E-state index >= 15 is 0 Å². The summed E-state index contributed by atoms with van der Waals surface area (Å²) in [5.74, 6) is -0.625. The van der Waals surface area contributed by atoms with Crippen LogP contribution in [0.3, 0.4) is 0 Å². The lowest BCUT2D eigenvalue weighted by Gasteiger charge is -2.31. The lowest BCUT2D eigenvalue weighted by Crippen LogP contribution is -2.26. The second kappa shape index (κ2) is 9.13. The number of rotatable bonds is 4. The maximum absolute atomic E-state index is 11.7. The number of nitrogens with zero attached hydrogens (tertiary/aromatic N) is 4. The molecule has 0 spiro atoms. The Morgan fingerprint density at radius 2 is 0.882 bits per heavy atom. The number of allylic oxidation sites excluding steroid dienone is 8. The first-order chi connectivity index (χ1) is 16.5. The number of imide groups is 2. The molecular formula is C26H24N4O4. The Kier molecular flexibility index (Phi) is 5.88. The molecule has 1 fully saturated rings. The van der Waals surface area contributed by atoms with Crippen molar-refractivity contribution in [1.82, 2.24) is 10.0 Å². The molecule has 34 heavy (non-hydrogen) atoms. The molecule has 0 aromatic carbocycles. The summed E-state index contributed by atoms with van der Waals surface area (Å²) in [4.78, 5) is 46.7. The fourth-order valence-electron chi connectivity index (χ4n) is 4.85. The monoisotopic (exact) mass is 456 g/mol. The summed E-state index contributed by atoms with van der Waals surface area (Å²) in [5.41, 5.74) is 3.99. The summed E-state index contributed by atoms with van der Waals surface area (Å²) in [6.07, 6.45) is 22.7.